The molecule has 0 spiro atoms. The first kappa shape index (κ1) is 51.6. The minimum atomic E-state index is -3.13. The third-order valence-corrected chi connectivity index (χ3v) is 0. The van der Waals surface area contributed by atoms with Crippen molar-refractivity contribution in [1.82, 2.24) is 0 Å². The SMILES string of the molecule is O.O=[PH](O)O.[Be+2].[Fe].[H-].[H-].[H-].[H-].[H-].[Mg+2].[Mn].[Na+]. The summed E-state index contributed by atoms with van der Waals surface area (Å²) in [5, 5.41) is 0. The molecule has 0 aliphatic rings. The van der Waals surface area contributed by atoms with Crippen molar-refractivity contribution in [3.63, 3.8) is 0 Å². The molecule has 0 unspecified atom stereocenters. The summed E-state index contributed by atoms with van der Waals surface area (Å²) in [6.07, 6.45) is 0. The van der Waals surface area contributed by atoms with Crippen molar-refractivity contribution in [2.24, 2.45) is 0 Å². The third-order valence-electron chi connectivity index (χ3n) is 0. The molecule has 0 aromatic rings. The van der Waals surface area contributed by atoms with E-state index in [0.29, 0.717) is 0 Å². The minimum absolute atomic E-state index is 0. The van der Waals surface area contributed by atoms with E-state index >= 15 is 0 Å². The van der Waals surface area contributed by atoms with Crippen LogP contribution in [0.1, 0.15) is 7.13 Å². The van der Waals surface area contributed by atoms with E-state index in [2.05, 4.69) is 0 Å². The largest absolute Gasteiger partial charge is 2.00 e. The third kappa shape index (κ3) is 119. The predicted octanol–water partition coefficient (Wildman–Crippen LogP) is -4.66. The molecule has 0 aliphatic carbocycles. The fourth-order valence-corrected chi connectivity index (χ4v) is 0. The molecule has 0 heterocycles. The predicted molar refractivity (Wildman–Crippen MR) is 34.1 cm³/mol. The molecule has 0 bridgehead atoms. The van der Waals surface area contributed by atoms with Crippen LogP contribution >= 0.6 is 8.25 Å². The Bertz CT molecular complexity index is 62.0. The summed E-state index contributed by atoms with van der Waals surface area (Å²) in [4.78, 5) is 14.3. The van der Waals surface area contributed by atoms with Crippen LogP contribution in [0.25, 0.3) is 0 Å². The zero-order valence-electron chi connectivity index (χ0n) is 10.4. The van der Waals surface area contributed by atoms with E-state index in [9.17, 15) is 0 Å². The van der Waals surface area contributed by atoms with Crippen LogP contribution in [0.2, 0.25) is 0 Å². The van der Waals surface area contributed by atoms with Crippen LogP contribution in [0.15, 0.2) is 0 Å². The Morgan fingerprint density at radius 3 is 1.30 bits per heavy atom. The first-order valence-corrected chi connectivity index (χ1v) is 1.95. The molecule has 0 aliphatic heterocycles. The Kier molecular flexibility index (Phi) is 207. The van der Waals surface area contributed by atoms with E-state index in [4.69, 9.17) is 14.4 Å². The molecular formula is H10BeFeMgMnNaO4P. The van der Waals surface area contributed by atoms with Crippen LogP contribution < -0.4 is 29.6 Å². The molecular weight excluding hydrogens is 262 g/mol. The average molecular weight is 272 g/mol. The first-order chi connectivity index (χ1) is 1.73. The van der Waals surface area contributed by atoms with Crippen LogP contribution in [0.3, 0.4) is 0 Å². The summed E-state index contributed by atoms with van der Waals surface area (Å²) in [7, 11) is -3.13. The maximum atomic E-state index is 8.74. The van der Waals surface area contributed by atoms with Gasteiger partial charge in [-0.1, -0.05) is 0 Å². The monoisotopic (exact) mass is 272 g/mol. The van der Waals surface area contributed by atoms with E-state index in [1.807, 2.05) is 0 Å². The van der Waals surface area contributed by atoms with Crippen molar-refractivity contribution in [2.45, 2.75) is 0 Å². The van der Waals surface area contributed by atoms with Crippen LogP contribution in [-0.4, -0.2) is 48.4 Å². The molecule has 10 heteroatoms. The standard InChI is InChI=1S/Be.Fe.Mg.Mn.Na.H3O3P.H2O.5H/c;;;;;1-4(2)3;;;;;;/h;;;;;4H,(H2,1,2,3);1H2;;;;;/q+2;;+2;;+1;;;5*-1. The minimum Gasteiger partial charge on any atom is -1.00 e. The van der Waals surface area contributed by atoms with Gasteiger partial charge in [0.2, 0.25) is 0 Å². The smallest absolute Gasteiger partial charge is 1.00 e. The average Bonchev–Trinajstić information content (AvgIpc) is 0.811. The van der Waals surface area contributed by atoms with Gasteiger partial charge in [0.15, 0.2) is 0 Å². The Balaban J connectivity index is -0.000000000818. The van der Waals surface area contributed by atoms with E-state index in [1.54, 1.807) is 0 Å². The zero-order chi connectivity index (χ0) is 3.58. The van der Waals surface area contributed by atoms with Crippen molar-refractivity contribution in [3.05, 3.63) is 0 Å². The van der Waals surface area contributed by atoms with Gasteiger partial charge in [-0.15, -0.1) is 0 Å². The Hall–Kier alpha value is 3.08. The van der Waals surface area contributed by atoms with E-state index in [0.717, 1.165) is 0 Å². The van der Waals surface area contributed by atoms with Crippen molar-refractivity contribution >= 4 is 41.4 Å². The van der Waals surface area contributed by atoms with Crippen LogP contribution in [-0.2, 0) is 38.7 Å². The van der Waals surface area contributed by atoms with E-state index < -0.39 is 8.25 Å². The molecule has 1 radical (unpaired) electrons. The van der Waals surface area contributed by atoms with Gasteiger partial charge >= 0.3 is 71.0 Å². The quantitative estimate of drug-likeness (QED) is 0.343. The van der Waals surface area contributed by atoms with Gasteiger partial charge in [0.05, 0.1) is 0 Å². The Labute approximate surface area is 131 Å². The Morgan fingerprint density at radius 2 is 1.30 bits per heavy atom. The fraction of sp³-hybridized carbons (Fsp3) is 0. The van der Waals surface area contributed by atoms with Crippen LogP contribution in [0.4, 0.5) is 0 Å². The van der Waals surface area contributed by atoms with Crippen LogP contribution in [0.5, 0.6) is 0 Å². The molecule has 0 amide bonds. The van der Waals surface area contributed by atoms with Gasteiger partial charge in [-0.2, -0.15) is 0 Å². The van der Waals surface area contributed by atoms with Gasteiger partial charge in [-0.05, 0) is 0 Å². The van der Waals surface area contributed by atoms with Gasteiger partial charge in [0.25, 0.3) is 0 Å². The number of hydrogen-bond acceptors (Lipinski definition) is 1. The normalized spacial score (nSPS) is 3.50. The molecule has 0 saturated carbocycles. The van der Waals surface area contributed by atoms with Gasteiger partial charge in [-0.3, -0.25) is 4.57 Å². The van der Waals surface area contributed by atoms with E-state index in [-0.39, 0.29) is 109 Å². The summed E-state index contributed by atoms with van der Waals surface area (Å²) in [5.74, 6) is 0. The molecule has 0 aromatic heterocycles. The molecule has 0 fully saturated rings. The molecule has 10 heavy (non-hydrogen) atoms. The summed E-state index contributed by atoms with van der Waals surface area (Å²) in [6, 6.07) is 0. The second-order valence-corrected chi connectivity index (χ2v) is 0.848. The zero-order valence-corrected chi connectivity index (χ0v) is 12.1. The molecule has 4 N–H and O–H groups in total. The van der Waals surface area contributed by atoms with Crippen molar-refractivity contribution in [3.8, 4) is 0 Å². The fourth-order valence-electron chi connectivity index (χ4n) is 0. The molecule has 0 atom stereocenters. The van der Waals surface area contributed by atoms with Gasteiger partial charge in [0, 0.05) is 34.1 Å². The molecule has 4 nitrogen and oxygen atoms in total. The summed E-state index contributed by atoms with van der Waals surface area (Å²) < 4.78 is 8.74. The maximum absolute atomic E-state index is 8.74. The summed E-state index contributed by atoms with van der Waals surface area (Å²) in [5.41, 5.74) is 0. The first-order valence-electron chi connectivity index (χ1n) is 0.651. The van der Waals surface area contributed by atoms with Crippen LogP contribution in [0, 0.1) is 0 Å². The van der Waals surface area contributed by atoms with Crippen molar-refractivity contribution in [1.29, 1.82) is 0 Å². The van der Waals surface area contributed by atoms with Gasteiger partial charge in [-0.25, -0.2) is 0 Å². The molecule has 0 saturated heterocycles. The molecule has 59 valence electrons. The number of rotatable bonds is 0. The topological polar surface area (TPSA) is 89.0 Å². The second-order valence-electron chi connectivity index (χ2n) is 0.283. The van der Waals surface area contributed by atoms with Crippen molar-refractivity contribution in [2.75, 3.05) is 0 Å². The van der Waals surface area contributed by atoms with Gasteiger partial charge < -0.3 is 22.4 Å². The molecule has 0 aromatic carbocycles. The summed E-state index contributed by atoms with van der Waals surface area (Å²) >= 11 is 0. The second kappa shape index (κ2) is 40.1. The van der Waals surface area contributed by atoms with Gasteiger partial charge in [0.1, 0.15) is 0 Å². The van der Waals surface area contributed by atoms with E-state index in [1.165, 1.54) is 0 Å². The number of hydrogen-bond donors (Lipinski definition) is 2. The van der Waals surface area contributed by atoms with Crippen molar-refractivity contribution < 1.29 is 90.7 Å². The summed E-state index contributed by atoms with van der Waals surface area (Å²) in [6.45, 7) is 0. The molecule has 0 rings (SSSR count). The Morgan fingerprint density at radius 1 is 1.30 bits per heavy atom. The maximum Gasteiger partial charge on any atom is 2.00 e.